The highest BCUT2D eigenvalue weighted by atomic mass is 16.1. The third-order valence-corrected chi connectivity index (χ3v) is 2.26. The molecule has 2 aromatic heterocycles. The highest BCUT2D eigenvalue weighted by molar-refractivity contribution is 5.79. The summed E-state index contributed by atoms with van der Waals surface area (Å²) < 4.78 is 0. The Morgan fingerprint density at radius 1 is 1.41 bits per heavy atom. The fraction of sp³-hybridized carbons (Fsp3) is 0.182. The predicted molar refractivity (Wildman–Crippen MR) is 64.4 cm³/mol. The van der Waals surface area contributed by atoms with Crippen molar-refractivity contribution in [3.63, 3.8) is 0 Å². The van der Waals surface area contributed by atoms with Crippen LogP contribution in [0.15, 0.2) is 30.7 Å². The van der Waals surface area contributed by atoms with Crippen molar-refractivity contribution in [2.24, 2.45) is 0 Å². The Balaban J connectivity index is 2.04. The number of rotatable bonds is 4. The molecule has 0 radical (unpaired) electrons. The number of hydrogen-bond acceptors (Lipinski definition) is 4. The maximum Gasteiger partial charge on any atom is 0.239 e. The Hall–Kier alpha value is -2.37. The molecule has 0 bridgehead atoms. The van der Waals surface area contributed by atoms with E-state index in [9.17, 15) is 4.79 Å². The molecule has 0 fully saturated rings. The molecule has 6 heteroatoms. The zero-order chi connectivity index (χ0) is 12.1. The molecule has 0 saturated carbocycles. The standard InChI is InChI=1S/C11H13N5O/c1-12-10(17)7-15-11-14-6-9(16-11)8-2-4-13-5-3-8/h2-6H,7H2,1H3,(H,12,17)(H2,14,15,16). The molecule has 0 aromatic carbocycles. The molecular weight excluding hydrogens is 218 g/mol. The van der Waals surface area contributed by atoms with E-state index in [1.807, 2.05) is 12.1 Å². The van der Waals surface area contributed by atoms with Gasteiger partial charge in [-0.1, -0.05) is 0 Å². The van der Waals surface area contributed by atoms with Crippen LogP contribution in [0.4, 0.5) is 5.95 Å². The maximum absolute atomic E-state index is 11.0. The third-order valence-electron chi connectivity index (χ3n) is 2.26. The first-order chi connectivity index (χ1) is 8.29. The summed E-state index contributed by atoms with van der Waals surface area (Å²) in [4.78, 5) is 22.2. The lowest BCUT2D eigenvalue weighted by atomic mass is 10.2. The Morgan fingerprint density at radius 3 is 2.88 bits per heavy atom. The zero-order valence-corrected chi connectivity index (χ0v) is 9.40. The van der Waals surface area contributed by atoms with Gasteiger partial charge in [0, 0.05) is 25.0 Å². The van der Waals surface area contributed by atoms with Gasteiger partial charge in [0.15, 0.2) is 0 Å². The molecule has 2 aromatic rings. The number of aromatic amines is 1. The molecular formula is C11H13N5O. The molecule has 1 amide bonds. The van der Waals surface area contributed by atoms with Crippen molar-refractivity contribution in [2.45, 2.75) is 0 Å². The van der Waals surface area contributed by atoms with E-state index in [-0.39, 0.29) is 12.5 Å². The molecule has 0 atom stereocenters. The molecule has 2 rings (SSSR count). The van der Waals surface area contributed by atoms with Gasteiger partial charge in [-0.25, -0.2) is 4.98 Å². The molecule has 6 nitrogen and oxygen atoms in total. The largest absolute Gasteiger partial charge is 0.358 e. The van der Waals surface area contributed by atoms with Crippen molar-refractivity contribution in [2.75, 3.05) is 18.9 Å². The van der Waals surface area contributed by atoms with Crippen LogP contribution in [0, 0.1) is 0 Å². The fourth-order valence-electron chi connectivity index (χ4n) is 1.34. The van der Waals surface area contributed by atoms with Crippen molar-refractivity contribution in [3.05, 3.63) is 30.7 Å². The van der Waals surface area contributed by atoms with Crippen molar-refractivity contribution in [3.8, 4) is 11.3 Å². The van der Waals surface area contributed by atoms with E-state index >= 15 is 0 Å². The van der Waals surface area contributed by atoms with Gasteiger partial charge < -0.3 is 15.6 Å². The van der Waals surface area contributed by atoms with Gasteiger partial charge in [-0.15, -0.1) is 0 Å². The summed E-state index contributed by atoms with van der Waals surface area (Å²) >= 11 is 0. The molecule has 88 valence electrons. The first-order valence-electron chi connectivity index (χ1n) is 5.19. The topological polar surface area (TPSA) is 82.7 Å². The summed E-state index contributed by atoms with van der Waals surface area (Å²) in [7, 11) is 1.59. The van der Waals surface area contributed by atoms with E-state index in [1.54, 1.807) is 25.6 Å². The van der Waals surface area contributed by atoms with Gasteiger partial charge >= 0.3 is 0 Å². The average molecular weight is 231 g/mol. The number of anilines is 1. The van der Waals surface area contributed by atoms with E-state index in [1.165, 1.54) is 0 Å². The molecule has 0 saturated heterocycles. The van der Waals surface area contributed by atoms with Crippen molar-refractivity contribution in [1.82, 2.24) is 20.3 Å². The van der Waals surface area contributed by atoms with Gasteiger partial charge in [0.2, 0.25) is 11.9 Å². The van der Waals surface area contributed by atoms with Crippen LogP contribution in [0.1, 0.15) is 0 Å². The predicted octanol–water partition coefficient (Wildman–Crippen LogP) is 0.630. The number of H-pyrrole nitrogens is 1. The minimum Gasteiger partial charge on any atom is -0.358 e. The number of pyridine rings is 1. The van der Waals surface area contributed by atoms with Gasteiger partial charge in [-0.3, -0.25) is 9.78 Å². The van der Waals surface area contributed by atoms with E-state index < -0.39 is 0 Å². The van der Waals surface area contributed by atoms with Crippen LogP contribution in [0.2, 0.25) is 0 Å². The second kappa shape index (κ2) is 5.11. The number of likely N-dealkylation sites (N-methyl/N-ethyl adjacent to an activating group) is 1. The lowest BCUT2D eigenvalue weighted by Crippen LogP contribution is -2.26. The second-order valence-corrected chi connectivity index (χ2v) is 3.41. The van der Waals surface area contributed by atoms with E-state index in [0.29, 0.717) is 5.95 Å². The maximum atomic E-state index is 11.0. The van der Waals surface area contributed by atoms with Gasteiger partial charge in [-0.2, -0.15) is 0 Å². The second-order valence-electron chi connectivity index (χ2n) is 3.41. The van der Waals surface area contributed by atoms with Gasteiger partial charge in [0.1, 0.15) is 0 Å². The lowest BCUT2D eigenvalue weighted by Gasteiger charge is -2.01. The fourth-order valence-corrected chi connectivity index (χ4v) is 1.34. The Morgan fingerprint density at radius 2 is 2.18 bits per heavy atom. The van der Waals surface area contributed by atoms with E-state index in [0.717, 1.165) is 11.3 Å². The first-order valence-corrected chi connectivity index (χ1v) is 5.19. The average Bonchev–Trinajstić information content (AvgIpc) is 2.86. The van der Waals surface area contributed by atoms with E-state index in [4.69, 9.17) is 0 Å². The normalized spacial score (nSPS) is 9.94. The molecule has 17 heavy (non-hydrogen) atoms. The smallest absolute Gasteiger partial charge is 0.239 e. The number of nitrogens with one attached hydrogen (secondary N) is 3. The van der Waals surface area contributed by atoms with E-state index in [2.05, 4.69) is 25.6 Å². The Labute approximate surface area is 98.5 Å². The number of aromatic nitrogens is 3. The molecule has 2 heterocycles. The number of carbonyl (C=O) groups excluding carboxylic acids is 1. The number of amides is 1. The van der Waals surface area contributed by atoms with Crippen LogP contribution in [0.5, 0.6) is 0 Å². The summed E-state index contributed by atoms with van der Waals surface area (Å²) in [5.74, 6) is 0.479. The minimum absolute atomic E-state index is 0.0909. The van der Waals surface area contributed by atoms with Crippen LogP contribution < -0.4 is 10.6 Å². The first kappa shape index (κ1) is 11.1. The Bertz CT molecular complexity index is 494. The van der Waals surface area contributed by atoms with Crippen molar-refractivity contribution < 1.29 is 4.79 Å². The number of hydrogen-bond donors (Lipinski definition) is 3. The zero-order valence-electron chi connectivity index (χ0n) is 9.40. The summed E-state index contributed by atoms with van der Waals surface area (Å²) in [5, 5.41) is 5.41. The lowest BCUT2D eigenvalue weighted by molar-refractivity contribution is -0.118. The summed E-state index contributed by atoms with van der Waals surface area (Å²) in [6.07, 6.45) is 5.14. The molecule has 0 spiro atoms. The minimum atomic E-state index is -0.0909. The third kappa shape index (κ3) is 2.81. The number of imidazole rings is 1. The van der Waals surface area contributed by atoms with Crippen molar-refractivity contribution >= 4 is 11.9 Å². The number of carbonyl (C=O) groups is 1. The van der Waals surface area contributed by atoms with Crippen LogP contribution in [-0.4, -0.2) is 34.5 Å². The SMILES string of the molecule is CNC(=O)CNc1ncc(-c2ccncc2)[nH]1. The van der Waals surface area contributed by atoms with Gasteiger partial charge in [-0.05, 0) is 12.1 Å². The van der Waals surface area contributed by atoms with Crippen LogP contribution in [0.3, 0.4) is 0 Å². The van der Waals surface area contributed by atoms with Crippen LogP contribution in [-0.2, 0) is 4.79 Å². The quantitative estimate of drug-likeness (QED) is 0.720. The van der Waals surface area contributed by atoms with Gasteiger partial charge in [0.05, 0.1) is 18.4 Å². The van der Waals surface area contributed by atoms with Crippen molar-refractivity contribution in [1.29, 1.82) is 0 Å². The van der Waals surface area contributed by atoms with Gasteiger partial charge in [0.25, 0.3) is 0 Å². The Kier molecular flexibility index (Phi) is 3.34. The molecule has 0 aliphatic rings. The van der Waals surface area contributed by atoms with Crippen LogP contribution >= 0.6 is 0 Å². The highest BCUT2D eigenvalue weighted by Gasteiger charge is 2.03. The highest BCUT2D eigenvalue weighted by Crippen LogP contribution is 2.16. The number of nitrogens with zero attached hydrogens (tertiary/aromatic N) is 2. The summed E-state index contributed by atoms with van der Waals surface area (Å²) in [5.41, 5.74) is 1.88. The molecule has 0 aliphatic carbocycles. The summed E-state index contributed by atoms with van der Waals surface area (Å²) in [6.45, 7) is 0.194. The summed E-state index contributed by atoms with van der Waals surface area (Å²) in [6, 6.07) is 3.77. The molecule has 0 aliphatic heterocycles. The van der Waals surface area contributed by atoms with Crippen LogP contribution in [0.25, 0.3) is 11.3 Å². The molecule has 0 unspecified atom stereocenters. The monoisotopic (exact) mass is 231 g/mol. The molecule has 3 N–H and O–H groups in total.